The third kappa shape index (κ3) is 3.77. The fraction of sp³-hybridized carbons (Fsp3) is 0.571. The van der Waals surface area contributed by atoms with Gasteiger partial charge in [-0.1, -0.05) is 49.1 Å². The zero-order valence-electron chi connectivity index (χ0n) is 11.6. The van der Waals surface area contributed by atoms with Crippen LogP contribution in [0, 0.1) is 0 Å². The molecule has 0 unspecified atom stereocenters. The van der Waals surface area contributed by atoms with Gasteiger partial charge in [0.15, 0.2) is 0 Å². The second-order valence-corrected chi connectivity index (χ2v) is 12.8. The fourth-order valence-corrected chi connectivity index (χ4v) is 4.50. The Morgan fingerprint density at radius 3 is 2.17 bits per heavy atom. The average Bonchev–Trinajstić information content (AvgIpc) is 2.32. The van der Waals surface area contributed by atoms with E-state index in [0.29, 0.717) is 0 Å². The molecular formula is C14H23NOSSi. The second kappa shape index (κ2) is 5.68. The number of hydrogen-bond donors (Lipinski definition) is 0. The minimum absolute atomic E-state index is 0.570. The van der Waals surface area contributed by atoms with Crippen molar-refractivity contribution in [2.24, 2.45) is 0 Å². The maximum absolute atomic E-state index is 11.3. The van der Waals surface area contributed by atoms with E-state index in [2.05, 4.69) is 48.8 Å². The highest BCUT2D eigenvalue weighted by Crippen LogP contribution is 2.09. The van der Waals surface area contributed by atoms with Crippen molar-refractivity contribution in [1.82, 2.24) is 4.90 Å². The van der Waals surface area contributed by atoms with Gasteiger partial charge in [-0.05, 0) is 5.56 Å². The van der Waals surface area contributed by atoms with Gasteiger partial charge in [-0.15, -0.1) is 0 Å². The van der Waals surface area contributed by atoms with E-state index in [0.717, 1.165) is 31.1 Å². The second-order valence-electron chi connectivity index (χ2n) is 6.07. The van der Waals surface area contributed by atoms with E-state index in [9.17, 15) is 4.21 Å². The monoisotopic (exact) mass is 281 g/mol. The first-order chi connectivity index (χ1) is 8.45. The predicted octanol–water partition coefficient (Wildman–Crippen LogP) is 1.80. The molecule has 4 heteroatoms. The first-order valence-electron chi connectivity index (χ1n) is 6.62. The summed E-state index contributed by atoms with van der Waals surface area (Å²) in [5, 5.41) is 1.52. The summed E-state index contributed by atoms with van der Waals surface area (Å²) < 4.78 is 11.3. The van der Waals surface area contributed by atoms with Gasteiger partial charge in [0.1, 0.15) is 0 Å². The van der Waals surface area contributed by atoms with Crippen LogP contribution in [0.1, 0.15) is 5.56 Å². The molecule has 1 heterocycles. The first-order valence-corrected chi connectivity index (χ1v) is 11.6. The number of benzene rings is 1. The van der Waals surface area contributed by atoms with Crippen molar-refractivity contribution in [3.63, 3.8) is 0 Å². The Kier molecular flexibility index (Phi) is 4.40. The molecule has 100 valence electrons. The van der Waals surface area contributed by atoms with E-state index in [1.54, 1.807) is 0 Å². The maximum atomic E-state index is 11.3. The number of nitrogens with zero attached hydrogens (tertiary/aromatic N) is 1. The van der Waals surface area contributed by atoms with Gasteiger partial charge in [0.25, 0.3) is 0 Å². The molecule has 1 aromatic carbocycles. The standard InChI is InChI=1S/C14H23NOSSi/c1-18(2,3)14-6-4-13(5-7-14)12-15-8-10-17(16)11-9-15/h4-7H,8-12H2,1-3H3. The lowest BCUT2D eigenvalue weighted by molar-refractivity contribution is 0.291. The molecule has 1 fully saturated rings. The third-order valence-electron chi connectivity index (χ3n) is 3.50. The molecule has 1 aliphatic rings. The Morgan fingerprint density at radius 1 is 1.11 bits per heavy atom. The highest BCUT2D eigenvalue weighted by Gasteiger charge is 2.17. The lowest BCUT2D eigenvalue weighted by Gasteiger charge is -2.26. The van der Waals surface area contributed by atoms with Gasteiger partial charge in [-0.25, -0.2) is 0 Å². The van der Waals surface area contributed by atoms with Crippen LogP contribution in [0.3, 0.4) is 0 Å². The highest BCUT2D eigenvalue weighted by molar-refractivity contribution is 7.85. The number of rotatable bonds is 3. The van der Waals surface area contributed by atoms with Crippen LogP contribution in [-0.4, -0.2) is 41.8 Å². The molecule has 1 saturated heterocycles. The molecule has 0 spiro atoms. The van der Waals surface area contributed by atoms with Gasteiger partial charge < -0.3 is 0 Å². The van der Waals surface area contributed by atoms with Gasteiger partial charge in [0.05, 0.1) is 8.07 Å². The van der Waals surface area contributed by atoms with Crippen molar-refractivity contribution in [2.75, 3.05) is 24.6 Å². The van der Waals surface area contributed by atoms with E-state index < -0.39 is 18.9 Å². The Bertz CT molecular complexity index is 414. The van der Waals surface area contributed by atoms with Gasteiger partial charge >= 0.3 is 0 Å². The van der Waals surface area contributed by atoms with E-state index in [-0.39, 0.29) is 0 Å². The van der Waals surface area contributed by atoms with E-state index >= 15 is 0 Å². The van der Waals surface area contributed by atoms with Crippen LogP contribution in [-0.2, 0) is 17.3 Å². The van der Waals surface area contributed by atoms with Crippen LogP contribution in [0.15, 0.2) is 24.3 Å². The van der Waals surface area contributed by atoms with E-state index in [1.165, 1.54) is 10.8 Å². The predicted molar refractivity (Wildman–Crippen MR) is 82.6 cm³/mol. The van der Waals surface area contributed by atoms with Crippen LogP contribution >= 0.6 is 0 Å². The summed E-state index contributed by atoms with van der Waals surface area (Å²) in [6.45, 7) is 10.1. The largest absolute Gasteiger partial charge is 0.297 e. The molecule has 0 aromatic heterocycles. The molecule has 0 radical (unpaired) electrons. The van der Waals surface area contributed by atoms with Gasteiger partial charge in [0, 0.05) is 41.9 Å². The summed E-state index contributed by atoms with van der Waals surface area (Å²) in [7, 11) is -1.74. The molecule has 0 bridgehead atoms. The zero-order valence-corrected chi connectivity index (χ0v) is 13.4. The molecule has 0 aliphatic carbocycles. The van der Waals surface area contributed by atoms with Gasteiger partial charge in [-0.2, -0.15) is 0 Å². The molecule has 18 heavy (non-hydrogen) atoms. The minimum Gasteiger partial charge on any atom is -0.297 e. The average molecular weight is 281 g/mol. The molecule has 2 rings (SSSR count). The summed E-state index contributed by atoms with van der Waals surface area (Å²) in [6, 6.07) is 9.12. The number of hydrogen-bond acceptors (Lipinski definition) is 2. The van der Waals surface area contributed by atoms with Crippen LogP contribution in [0.4, 0.5) is 0 Å². The lowest BCUT2D eigenvalue weighted by atomic mass is 10.2. The van der Waals surface area contributed by atoms with Crippen LogP contribution in [0.25, 0.3) is 0 Å². The minimum atomic E-state index is -1.17. The Labute approximate surface area is 114 Å². The van der Waals surface area contributed by atoms with Crippen molar-refractivity contribution in [3.8, 4) is 0 Å². The molecule has 2 nitrogen and oxygen atoms in total. The van der Waals surface area contributed by atoms with Crippen LogP contribution < -0.4 is 5.19 Å². The molecule has 0 atom stereocenters. The smallest absolute Gasteiger partial charge is 0.0775 e. The lowest BCUT2D eigenvalue weighted by Crippen LogP contribution is -2.38. The highest BCUT2D eigenvalue weighted by atomic mass is 32.2. The van der Waals surface area contributed by atoms with Gasteiger partial charge in [-0.3, -0.25) is 9.11 Å². The zero-order chi connectivity index (χ0) is 13.2. The molecular weight excluding hydrogens is 258 g/mol. The Balaban J connectivity index is 1.96. The third-order valence-corrected chi connectivity index (χ3v) is 6.84. The Morgan fingerprint density at radius 2 is 1.67 bits per heavy atom. The van der Waals surface area contributed by atoms with Crippen molar-refractivity contribution >= 4 is 24.1 Å². The normalized spacial score (nSPS) is 19.1. The molecule has 0 saturated carbocycles. The molecule has 1 aromatic rings. The van der Waals surface area contributed by atoms with Crippen molar-refractivity contribution in [2.45, 2.75) is 26.2 Å². The molecule has 0 N–H and O–H groups in total. The SMILES string of the molecule is C[Si](C)(C)c1ccc(CN2CCS(=O)CC2)cc1. The van der Waals surface area contributed by atoms with Crippen LogP contribution in [0.5, 0.6) is 0 Å². The van der Waals surface area contributed by atoms with Gasteiger partial charge in [0.2, 0.25) is 0 Å². The van der Waals surface area contributed by atoms with Crippen molar-refractivity contribution in [1.29, 1.82) is 0 Å². The van der Waals surface area contributed by atoms with Crippen LogP contribution in [0.2, 0.25) is 19.6 Å². The summed E-state index contributed by atoms with van der Waals surface area (Å²) in [4.78, 5) is 2.41. The Hall–Kier alpha value is -0.453. The van der Waals surface area contributed by atoms with E-state index in [4.69, 9.17) is 0 Å². The summed E-state index contributed by atoms with van der Waals surface area (Å²) in [6.07, 6.45) is 0. The summed E-state index contributed by atoms with van der Waals surface area (Å²) >= 11 is 0. The molecule has 0 amide bonds. The van der Waals surface area contributed by atoms with E-state index in [1.807, 2.05) is 0 Å². The fourth-order valence-electron chi connectivity index (χ4n) is 2.20. The molecule has 1 aliphatic heterocycles. The van der Waals surface area contributed by atoms with Crippen molar-refractivity contribution < 1.29 is 4.21 Å². The quantitative estimate of drug-likeness (QED) is 0.788. The topological polar surface area (TPSA) is 20.3 Å². The van der Waals surface area contributed by atoms with Crippen molar-refractivity contribution in [3.05, 3.63) is 29.8 Å². The summed E-state index contributed by atoms with van der Waals surface area (Å²) in [5.41, 5.74) is 1.38. The summed E-state index contributed by atoms with van der Waals surface area (Å²) in [5.74, 6) is 1.68. The maximum Gasteiger partial charge on any atom is 0.0775 e. The first kappa shape index (κ1) is 14.0.